The second-order valence-electron chi connectivity index (χ2n) is 6.99. The van der Waals surface area contributed by atoms with Crippen LogP contribution in [-0.2, 0) is 0 Å². The van der Waals surface area contributed by atoms with Crippen LogP contribution >= 0.6 is 0 Å². The molecule has 0 aromatic heterocycles. The summed E-state index contributed by atoms with van der Waals surface area (Å²) < 4.78 is 0. The van der Waals surface area contributed by atoms with Crippen LogP contribution in [0, 0.1) is 16.0 Å². The smallest absolute Gasteiger partial charge is 0.293 e. The van der Waals surface area contributed by atoms with E-state index in [2.05, 4.69) is 5.32 Å². The third kappa shape index (κ3) is 4.43. The Morgan fingerprint density at radius 1 is 1.30 bits per heavy atom. The molecule has 0 bridgehead atoms. The lowest BCUT2D eigenvalue weighted by atomic mass is 9.92. The number of hydrogen-bond acceptors (Lipinski definition) is 5. The van der Waals surface area contributed by atoms with Crippen molar-refractivity contribution in [2.24, 2.45) is 11.7 Å². The molecule has 3 rings (SSSR count). The lowest BCUT2D eigenvalue weighted by Crippen LogP contribution is -2.45. The first kappa shape index (κ1) is 18.8. The van der Waals surface area contributed by atoms with E-state index < -0.39 is 4.92 Å². The summed E-state index contributed by atoms with van der Waals surface area (Å²) >= 11 is 0. The van der Waals surface area contributed by atoms with Crippen molar-refractivity contribution in [3.63, 3.8) is 0 Å². The molecule has 1 aliphatic heterocycles. The number of rotatable bonds is 5. The highest BCUT2D eigenvalue weighted by Gasteiger charge is 2.27. The minimum absolute atomic E-state index is 0.0207. The Morgan fingerprint density at radius 3 is 2.70 bits per heavy atom. The molecule has 1 amide bonds. The molecule has 0 radical (unpaired) electrons. The van der Waals surface area contributed by atoms with Crippen molar-refractivity contribution in [2.45, 2.75) is 25.8 Å². The lowest BCUT2D eigenvalue weighted by Gasteiger charge is -2.34. The van der Waals surface area contributed by atoms with E-state index in [1.54, 1.807) is 17.0 Å². The van der Waals surface area contributed by atoms with Gasteiger partial charge in [-0.2, -0.15) is 0 Å². The van der Waals surface area contributed by atoms with Crippen molar-refractivity contribution in [2.75, 3.05) is 18.4 Å². The number of amides is 1. The minimum Gasteiger partial charge on any atom is -0.350 e. The number of nitro benzene ring substituents is 1. The fourth-order valence-electron chi connectivity index (χ4n) is 3.40. The van der Waals surface area contributed by atoms with Gasteiger partial charge in [-0.3, -0.25) is 14.9 Å². The summed E-state index contributed by atoms with van der Waals surface area (Å²) in [6, 6.07) is 13.8. The van der Waals surface area contributed by atoms with Gasteiger partial charge in [0.05, 0.1) is 4.92 Å². The number of anilines is 2. The first-order chi connectivity index (χ1) is 13.0. The fraction of sp³-hybridized carbons (Fsp3) is 0.350. The molecule has 7 nitrogen and oxygen atoms in total. The number of nitrogens with two attached hydrogens (primary N) is 1. The largest absolute Gasteiger partial charge is 0.350 e. The molecule has 142 valence electrons. The lowest BCUT2D eigenvalue weighted by molar-refractivity contribution is -0.383. The second kappa shape index (κ2) is 8.18. The van der Waals surface area contributed by atoms with Crippen molar-refractivity contribution in [1.29, 1.82) is 0 Å². The van der Waals surface area contributed by atoms with Crippen LogP contribution in [0.4, 0.5) is 17.1 Å². The van der Waals surface area contributed by atoms with Crippen molar-refractivity contribution in [1.82, 2.24) is 4.90 Å². The number of hydrogen-bond donors (Lipinski definition) is 2. The van der Waals surface area contributed by atoms with Crippen molar-refractivity contribution < 1.29 is 9.72 Å². The molecular weight excluding hydrogens is 344 g/mol. The highest BCUT2D eigenvalue weighted by atomic mass is 16.6. The van der Waals surface area contributed by atoms with Crippen LogP contribution < -0.4 is 11.1 Å². The van der Waals surface area contributed by atoms with Crippen LogP contribution in [0.3, 0.4) is 0 Å². The van der Waals surface area contributed by atoms with E-state index in [4.69, 9.17) is 5.73 Å². The summed E-state index contributed by atoms with van der Waals surface area (Å²) in [4.78, 5) is 25.7. The van der Waals surface area contributed by atoms with Crippen molar-refractivity contribution >= 4 is 23.0 Å². The highest BCUT2D eigenvalue weighted by molar-refractivity contribution is 5.96. The summed E-state index contributed by atoms with van der Waals surface area (Å²) in [7, 11) is 0. The van der Waals surface area contributed by atoms with Gasteiger partial charge in [-0.15, -0.1) is 0 Å². The molecule has 0 aliphatic carbocycles. The number of nitrogens with zero attached hydrogens (tertiary/aromatic N) is 2. The van der Waals surface area contributed by atoms with E-state index in [0.29, 0.717) is 24.3 Å². The van der Waals surface area contributed by atoms with E-state index in [-0.39, 0.29) is 23.6 Å². The molecule has 1 aliphatic rings. The number of para-hydroxylation sites is 1. The number of carbonyl (C=O) groups is 1. The molecule has 2 unspecified atom stereocenters. The van der Waals surface area contributed by atoms with Crippen LogP contribution in [-0.4, -0.2) is 34.9 Å². The fourth-order valence-corrected chi connectivity index (χ4v) is 3.40. The average molecular weight is 368 g/mol. The van der Waals surface area contributed by atoms with Crippen molar-refractivity contribution in [3.05, 3.63) is 64.2 Å². The molecule has 0 spiro atoms. The van der Waals surface area contributed by atoms with Gasteiger partial charge in [0.25, 0.3) is 11.6 Å². The van der Waals surface area contributed by atoms with Gasteiger partial charge in [0.1, 0.15) is 5.69 Å². The molecule has 2 atom stereocenters. The minimum atomic E-state index is -0.469. The summed E-state index contributed by atoms with van der Waals surface area (Å²) in [5.41, 5.74) is 7.30. The third-order valence-electron chi connectivity index (χ3n) is 4.98. The van der Waals surface area contributed by atoms with Gasteiger partial charge in [-0.1, -0.05) is 18.2 Å². The monoisotopic (exact) mass is 368 g/mol. The molecule has 1 fully saturated rings. The zero-order valence-corrected chi connectivity index (χ0v) is 15.3. The quantitative estimate of drug-likeness (QED) is 0.621. The van der Waals surface area contributed by atoms with Crippen LogP contribution in [0.25, 0.3) is 0 Å². The Bertz CT molecular complexity index is 823. The summed E-state index contributed by atoms with van der Waals surface area (Å²) in [6.07, 6.45) is 1.90. The number of piperidine rings is 1. The predicted octanol–water partition coefficient (Wildman–Crippen LogP) is 3.54. The predicted molar refractivity (Wildman–Crippen MR) is 105 cm³/mol. The Labute approximate surface area is 158 Å². The maximum absolute atomic E-state index is 12.9. The number of nitrogens with one attached hydrogen (secondary N) is 1. The molecule has 1 heterocycles. The first-order valence-electron chi connectivity index (χ1n) is 9.11. The first-order valence-corrected chi connectivity index (χ1v) is 9.11. The van der Waals surface area contributed by atoms with Gasteiger partial charge in [0.2, 0.25) is 0 Å². The van der Waals surface area contributed by atoms with Gasteiger partial charge in [0.15, 0.2) is 0 Å². The Hall–Kier alpha value is -2.93. The van der Waals surface area contributed by atoms with Crippen LogP contribution in [0.2, 0.25) is 0 Å². The van der Waals surface area contributed by atoms with Gasteiger partial charge in [0, 0.05) is 36.4 Å². The zero-order valence-electron chi connectivity index (χ0n) is 15.3. The third-order valence-corrected chi connectivity index (χ3v) is 4.98. The number of benzene rings is 2. The Morgan fingerprint density at radius 2 is 2.04 bits per heavy atom. The van der Waals surface area contributed by atoms with Crippen LogP contribution in [0.5, 0.6) is 0 Å². The molecule has 1 saturated heterocycles. The molecule has 2 aromatic rings. The molecule has 0 saturated carbocycles. The van der Waals surface area contributed by atoms with E-state index in [1.807, 2.05) is 37.3 Å². The molecule has 27 heavy (non-hydrogen) atoms. The highest BCUT2D eigenvalue weighted by Crippen LogP contribution is 2.30. The molecule has 7 heteroatoms. The van der Waals surface area contributed by atoms with E-state index in [9.17, 15) is 14.9 Å². The number of nitro groups is 1. The topological polar surface area (TPSA) is 102 Å². The normalized spacial score (nSPS) is 18.0. The van der Waals surface area contributed by atoms with Crippen LogP contribution in [0.15, 0.2) is 48.5 Å². The van der Waals surface area contributed by atoms with Crippen molar-refractivity contribution in [3.8, 4) is 0 Å². The summed E-state index contributed by atoms with van der Waals surface area (Å²) in [5.74, 6) is 0.0754. The summed E-state index contributed by atoms with van der Waals surface area (Å²) in [5, 5.41) is 14.6. The average Bonchev–Trinajstić information content (AvgIpc) is 2.68. The Balaban J connectivity index is 1.83. The van der Waals surface area contributed by atoms with E-state index in [0.717, 1.165) is 18.5 Å². The number of likely N-dealkylation sites (tertiary alicyclic amines) is 1. The van der Waals surface area contributed by atoms with E-state index >= 15 is 0 Å². The van der Waals surface area contributed by atoms with Crippen LogP contribution in [0.1, 0.15) is 30.1 Å². The Kier molecular flexibility index (Phi) is 5.71. The molecule has 2 aromatic carbocycles. The van der Waals surface area contributed by atoms with Gasteiger partial charge < -0.3 is 16.0 Å². The van der Waals surface area contributed by atoms with E-state index in [1.165, 1.54) is 6.07 Å². The number of carbonyl (C=O) groups excluding carboxylic acids is 1. The maximum atomic E-state index is 12.9. The van der Waals surface area contributed by atoms with Gasteiger partial charge >= 0.3 is 0 Å². The second-order valence-corrected chi connectivity index (χ2v) is 6.99. The summed E-state index contributed by atoms with van der Waals surface area (Å²) in [6.45, 7) is 3.20. The van der Waals surface area contributed by atoms with Gasteiger partial charge in [-0.05, 0) is 49.9 Å². The standard InChI is InChI=1S/C20H24N4O3/c1-14(21)16-6-5-11-23(13-16)20(25)15-9-10-18(19(12-15)24(26)27)22-17-7-3-2-4-8-17/h2-4,7-10,12,14,16,22H,5-6,11,13,21H2,1H3. The SMILES string of the molecule is CC(N)C1CCCN(C(=O)c2ccc(Nc3ccccc3)c([N+](=O)[O-])c2)C1. The molecule has 3 N–H and O–H groups in total. The zero-order chi connectivity index (χ0) is 19.4. The maximum Gasteiger partial charge on any atom is 0.293 e. The molecular formula is C20H24N4O3. The van der Waals surface area contributed by atoms with Gasteiger partial charge in [-0.25, -0.2) is 0 Å².